The molecule has 0 saturated heterocycles. The van der Waals surface area contributed by atoms with Crippen molar-refractivity contribution >= 4 is 33.2 Å². The molecule has 5 nitrogen and oxygen atoms in total. The predicted octanol–water partition coefficient (Wildman–Crippen LogP) is 3.33. The van der Waals surface area contributed by atoms with Crippen LogP contribution in [0.25, 0.3) is 0 Å². The molecule has 0 N–H and O–H groups in total. The van der Waals surface area contributed by atoms with Crippen LogP contribution in [0.3, 0.4) is 0 Å². The first-order valence-corrected chi connectivity index (χ1v) is 8.67. The van der Waals surface area contributed by atoms with E-state index in [9.17, 15) is 4.79 Å². The number of rotatable bonds is 5. The number of thiazole rings is 1. The van der Waals surface area contributed by atoms with Crippen molar-refractivity contribution in [1.29, 1.82) is 0 Å². The van der Waals surface area contributed by atoms with Gasteiger partial charge in [-0.3, -0.25) is 4.79 Å². The minimum atomic E-state index is -0.303. The summed E-state index contributed by atoms with van der Waals surface area (Å²) in [7, 11) is 3.23. The van der Waals surface area contributed by atoms with E-state index in [0.29, 0.717) is 33.7 Å². The van der Waals surface area contributed by atoms with Crippen LogP contribution in [0.4, 0.5) is 0 Å². The van der Waals surface area contributed by atoms with Crippen LogP contribution < -0.4 is 9.54 Å². The van der Waals surface area contributed by atoms with Crippen molar-refractivity contribution in [1.82, 2.24) is 4.57 Å². The number of hydrogen-bond donors (Lipinski definition) is 0. The second-order valence-electron chi connectivity index (χ2n) is 4.93. The summed E-state index contributed by atoms with van der Waals surface area (Å²) >= 11 is 4.90. The van der Waals surface area contributed by atoms with Gasteiger partial charge in [0.05, 0.1) is 19.3 Å². The number of carbonyl (C=O) groups is 1. The van der Waals surface area contributed by atoms with Crippen molar-refractivity contribution < 1.29 is 14.3 Å². The molecule has 1 heterocycles. The number of hydrogen-bond acceptors (Lipinski definition) is 4. The maximum atomic E-state index is 12.6. The molecule has 1 aromatic carbocycles. The lowest BCUT2D eigenvalue weighted by atomic mass is 10.2. The number of nitrogens with zero attached hydrogens (tertiary/aromatic N) is 2. The molecule has 0 unspecified atom stereocenters. The molecule has 0 radical (unpaired) electrons. The van der Waals surface area contributed by atoms with Gasteiger partial charge in [-0.05, 0) is 48.0 Å². The third-order valence-electron chi connectivity index (χ3n) is 3.51. The van der Waals surface area contributed by atoms with Crippen LogP contribution in [-0.2, 0) is 11.3 Å². The van der Waals surface area contributed by atoms with Crippen molar-refractivity contribution in [3.63, 3.8) is 0 Å². The van der Waals surface area contributed by atoms with Crippen molar-refractivity contribution in [3.8, 4) is 5.75 Å². The zero-order valence-electron chi connectivity index (χ0n) is 13.6. The minimum Gasteiger partial charge on any atom is -0.497 e. The molecule has 0 saturated carbocycles. The number of ether oxygens (including phenoxy) is 2. The Hall–Kier alpha value is -1.44. The van der Waals surface area contributed by atoms with E-state index in [1.54, 1.807) is 32.4 Å². The molecule has 1 amide bonds. The Morgan fingerprint density at radius 3 is 2.74 bits per heavy atom. The van der Waals surface area contributed by atoms with E-state index < -0.39 is 0 Å². The van der Waals surface area contributed by atoms with E-state index in [0.717, 1.165) is 10.6 Å². The maximum absolute atomic E-state index is 12.6. The zero-order valence-corrected chi connectivity index (χ0v) is 16.0. The van der Waals surface area contributed by atoms with Crippen molar-refractivity contribution in [2.75, 3.05) is 20.8 Å². The van der Waals surface area contributed by atoms with Gasteiger partial charge in [-0.15, -0.1) is 11.3 Å². The van der Waals surface area contributed by atoms with Gasteiger partial charge in [-0.2, -0.15) is 4.99 Å². The lowest BCUT2D eigenvalue weighted by molar-refractivity contribution is 0.0996. The van der Waals surface area contributed by atoms with Crippen LogP contribution in [0.2, 0.25) is 0 Å². The number of aromatic nitrogens is 1. The SMILES string of the molecule is COCCn1c(C)c(C)sc1=NC(=O)c1cc(OC)ccc1Br. The van der Waals surface area contributed by atoms with Crippen molar-refractivity contribution in [2.45, 2.75) is 20.4 Å². The summed E-state index contributed by atoms with van der Waals surface area (Å²) in [4.78, 5) is 18.7. The van der Waals surface area contributed by atoms with Gasteiger partial charge in [0.25, 0.3) is 5.91 Å². The molecule has 0 aliphatic carbocycles. The first-order valence-electron chi connectivity index (χ1n) is 7.06. The number of aryl methyl sites for hydroxylation is 1. The molecular formula is C16H19BrN2O3S. The average molecular weight is 399 g/mol. The van der Waals surface area contributed by atoms with Gasteiger partial charge in [0.1, 0.15) is 5.75 Å². The Morgan fingerprint density at radius 1 is 1.35 bits per heavy atom. The van der Waals surface area contributed by atoms with Crippen LogP contribution in [0.1, 0.15) is 20.9 Å². The summed E-state index contributed by atoms with van der Waals surface area (Å²) in [5.41, 5.74) is 1.58. The molecule has 0 atom stereocenters. The van der Waals surface area contributed by atoms with Crippen LogP contribution in [-0.4, -0.2) is 31.3 Å². The fourth-order valence-electron chi connectivity index (χ4n) is 2.07. The minimum absolute atomic E-state index is 0.303. The fourth-order valence-corrected chi connectivity index (χ4v) is 3.49. The molecule has 7 heteroatoms. The van der Waals surface area contributed by atoms with E-state index in [2.05, 4.69) is 20.9 Å². The Balaban J connectivity index is 2.46. The van der Waals surface area contributed by atoms with Crippen molar-refractivity contribution in [2.24, 2.45) is 4.99 Å². The van der Waals surface area contributed by atoms with Crippen LogP contribution >= 0.6 is 27.3 Å². The highest BCUT2D eigenvalue weighted by atomic mass is 79.9. The fraction of sp³-hybridized carbons (Fsp3) is 0.375. The summed E-state index contributed by atoms with van der Waals surface area (Å²) in [6.45, 7) is 5.28. The normalized spacial score (nSPS) is 11.8. The monoisotopic (exact) mass is 398 g/mol. The Bertz CT molecular complexity index is 780. The number of methoxy groups -OCH3 is 2. The van der Waals surface area contributed by atoms with Gasteiger partial charge >= 0.3 is 0 Å². The second-order valence-corrected chi connectivity index (χ2v) is 6.97. The molecule has 0 fully saturated rings. The molecule has 0 bridgehead atoms. The summed E-state index contributed by atoms with van der Waals surface area (Å²) in [6.07, 6.45) is 0. The highest BCUT2D eigenvalue weighted by Crippen LogP contribution is 2.23. The molecule has 0 aliphatic rings. The quantitative estimate of drug-likeness (QED) is 0.775. The standard InChI is InChI=1S/C16H19BrN2O3S/c1-10-11(2)23-16(19(10)7-8-21-3)18-15(20)13-9-12(22-4)5-6-14(13)17/h5-6,9H,7-8H2,1-4H3. The van der Waals surface area contributed by atoms with Crippen LogP contribution in [0.5, 0.6) is 5.75 Å². The molecule has 2 rings (SSSR count). The molecular weight excluding hydrogens is 380 g/mol. The number of carbonyl (C=O) groups excluding carboxylic acids is 1. The third-order valence-corrected chi connectivity index (χ3v) is 5.30. The van der Waals surface area contributed by atoms with Gasteiger partial charge in [0, 0.05) is 28.7 Å². The van der Waals surface area contributed by atoms with Crippen LogP contribution in [0, 0.1) is 13.8 Å². The van der Waals surface area contributed by atoms with Gasteiger partial charge in [0.2, 0.25) is 0 Å². The molecule has 124 valence electrons. The maximum Gasteiger partial charge on any atom is 0.280 e. The van der Waals surface area contributed by atoms with E-state index in [1.807, 2.05) is 18.4 Å². The summed E-state index contributed by atoms with van der Waals surface area (Å²) in [6, 6.07) is 5.26. The number of benzene rings is 1. The predicted molar refractivity (Wildman–Crippen MR) is 94.2 cm³/mol. The molecule has 1 aromatic heterocycles. The molecule has 0 aliphatic heterocycles. The van der Waals surface area contributed by atoms with Gasteiger partial charge in [-0.1, -0.05) is 0 Å². The Morgan fingerprint density at radius 2 is 2.09 bits per heavy atom. The number of halogens is 1. The molecule has 2 aromatic rings. The topological polar surface area (TPSA) is 52.8 Å². The van der Waals surface area contributed by atoms with E-state index >= 15 is 0 Å². The highest BCUT2D eigenvalue weighted by Gasteiger charge is 2.13. The average Bonchev–Trinajstić information content (AvgIpc) is 2.80. The summed E-state index contributed by atoms with van der Waals surface area (Å²) < 4.78 is 13.0. The van der Waals surface area contributed by atoms with E-state index in [1.165, 1.54) is 11.3 Å². The first kappa shape index (κ1) is 17.9. The Kier molecular flexibility index (Phi) is 6.15. The first-order chi connectivity index (χ1) is 11.0. The summed E-state index contributed by atoms with van der Waals surface area (Å²) in [5.74, 6) is 0.320. The van der Waals surface area contributed by atoms with E-state index in [4.69, 9.17) is 9.47 Å². The molecule has 23 heavy (non-hydrogen) atoms. The zero-order chi connectivity index (χ0) is 17.0. The van der Waals surface area contributed by atoms with Crippen LogP contribution in [0.15, 0.2) is 27.7 Å². The number of amides is 1. The largest absolute Gasteiger partial charge is 0.497 e. The van der Waals surface area contributed by atoms with Gasteiger partial charge < -0.3 is 14.0 Å². The van der Waals surface area contributed by atoms with Gasteiger partial charge in [0.15, 0.2) is 4.80 Å². The lowest BCUT2D eigenvalue weighted by Crippen LogP contribution is -2.20. The van der Waals surface area contributed by atoms with Crippen molar-refractivity contribution in [3.05, 3.63) is 43.6 Å². The van der Waals surface area contributed by atoms with E-state index in [-0.39, 0.29) is 5.91 Å². The Labute approximate surface area is 147 Å². The van der Waals surface area contributed by atoms with Gasteiger partial charge in [-0.25, -0.2) is 0 Å². The summed E-state index contributed by atoms with van der Waals surface area (Å²) in [5, 5.41) is 0. The second kappa shape index (κ2) is 7.90. The molecule has 0 spiro atoms. The highest BCUT2D eigenvalue weighted by molar-refractivity contribution is 9.10. The smallest absolute Gasteiger partial charge is 0.280 e. The lowest BCUT2D eigenvalue weighted by Gasteiger charge is -2.06. The third kappa shape index (κ3) is 4.10.